The van der Waals surface area contributed by atoms with Gasteiger partial charge in [0.25, 0.3) is 0 Å². The summed E-state index contributed by atoms with van der Waals surface area (Å²) < 4.78 is 13.3. The maximum Gasteiger partial charge on any atom is 0.133 e. The van der Waals surface area contributed by atoms with Crippen molar-refractivity contribution in [3.8, 4) is 0 Å². The molecule has 0 amide bonds. The SMILES string of the molecule is CCNCc1cc(C)nc(N(C)c2cccc(F)c2)c1. The third-order valence-corrected chi connectivity index (χ3v) is 3.12. The Kier molecular flexibility index (Phi) is 4.69. The van der Waals surface area contributed by atoms with Gasteiger partial charge in [-0.2, -0.15) is 0 Å². The van der Waals surface area contributed by atoms with E-state index in [1.54, 1.807) is 6.07 Å². The van der Waals surface area contributed by atoms with Crippen LogP contribution in [0.5, 0.6) is 0 Å². The molecular formula is C16H20FN3. The van der Waals surface area contributed by atoms with Gasteiger partial charge >= 0.3 is 0 Å². The van der Waals surface area contributed by atoms with Gasteiger partial charge in [-0.3, -0.25) is 0 Å². The summed E-state index contributed by atoms with van der Waals surface area (Å²) in [6.07, 6.45) is 0. The molecule has 0 unspecified atom stereocenters. The van der Waals surface area contributed by atoms with Crippen molar-refractivity contribution >= 4 is 11.5 Å². The van der Waals surface area contributed by atoms with Gasteiger partial charge in [0.1, 0.15) is 11.6 Å². The average molecular weight is 273 g/mol. The molecule has 0 atom stereocenters. The summed E-state index contributed by atoms with van der Waals surface area (Å²) in [5.74, 6) is 0.582. The van der Waals surface area contributed by atoms with Crippen LogP contribution in [0.3, 0.4) is 0 Å². The monoisotopic (exact) mass is 273 g/mol. The van der Waals surface area contributed by atoms with Gasteiger partial charge in [0, 0.05) is 25.0 Å². The lowest BCUT2D eigenvalue weighted by Gasteiger charge is -2.20. The lowest BCUT2D eigenvalue weighted by Crippen LogP contribution is -2.15. The molecule has 0 aliphatic carbocycles. The second-order valence-electron chi connectivity index (χ2n) is 4.79. The molecule has 1 heterocycles. The molecule has 4 heteroatoms. The number of hydrogen-bond acceptors (Lipinski definition) is 3. The highest BCUT2D eigenvalue weighted by molar-refractivity contribution is 5.59. The topological polar surface area (TPSA) is 28.2 Å². The summed E-state index contributed by atoms with van der Waals surface area (Å²) in [5.41, 5.74) is 2.92. The second-order valence-corrected chi connectivity index (χ2v) is 4.79. The maximum atomic E-state index is 13.3. The molecule has 1 aromatic heterocycles. The lowest BCUT2D eigenvalue weighted by molar-refractivity contribution is 0.628. The van der Waals surface area contributed by atoms with Crippen molar-refractivity contribution in [1.82, 2.24) is 10.3 Å². The molecule has 106 valence electrons. The number of rotatable bonds is 5. The molecule has 0 radical (unpaired) electrons. The van der Waals surface area contributed by atoms with E-state index in [2.05, 4.69) is 23.3 Å². The molecule has 0 saturated carbocycles. The van der Waals surface area contributed by atoms with Crippen LogP contribution in [0.1, 0.15) is 18.2 Å². The Hall–Kier alpha value is -1.94. The highest BCUT2D eigenvalue weighted by Gasteiger charge is 2.08. The highest BCUT2D eigenvalue weighted by Crippen LogP contribution is 2.23. The van der Waals surface area contributed by atoms with Crippen molar-refractivity contribution in [2.45, 2.75) is 20.4 Å². The van der Waals surface area contributed by atoms with Crippen molar-refractivity contribution in [2.24, 2.45) is 0 Å². The van der Waals surface area contributed by atoms with E-state index in [0.717, 1.165) is 30.3 Å². The van der Waals surface area contributed by atoms with Crippen molar-refractivity contribution in [2.75, 3.05) is 18.5 Å². The molecule has 0 fully saturated rings. The molecule has 0 bridgehead atoms. The summed E-state index contributed by atoms with van der Waals surface area (Å²) in [7, 11) is 1.90. The van der Waals surface area contributed by atoms with Gasteiger partial charge in [-0.25, -0.2) is 9.37 Å². The van der Waals surface area contributed by atoms with Gasteiger partial charge in [0.05, 0.1) is 0 Å². The number of aromatic nitrogens is 1. The van der Waals surface area contributed by atoms with E-state index in [-0.39, 0.29) is 5.82 Å². The number of nitrogens with one attached hydrogen (secondary N) is 1. The first kappa shape index (κ1) is 14.5. The lowest BCUT2D eigenvalue weighted by atomic mass is 10.2. The van der Waals surface area contributed by atoms with Crippen molar-refractivity contribution < 1.29 is 4.39 Å². The summed E-state index contributed by atoms with van der Waals surface area (Å²) in [5, 5.41) is 3.30. The number of nitrogens with zero attached hydrogens (tertiary/aromatic N) is 2. The molecule has 0 spiro atoms. The molecule has 0 saturated heterocycles. The zero-order valence-electron chi connectivity index (χ0n) is 12.2. The van der Waals surface area contributed by atoms with E-state index < -0.39 is 0 Å². The maximum absolute atomic E-state index is 13.3. The Balaban J connectivity index is 2.29. The predicted octanol–water partition coefficient (Wildman–Crippen LogP) is 3.41. The van der Waals surface area contributed by atoms with Crippen molar-refractivity contribution in [1.29, 1.82) is 0 Å². The zero-order chi connectivity index (χ0) is 14.5. The molecule has 3 nitrogen and oxygen atoms in total. The van der Waals surface area contributed by atoms with Crippen LogP contribution in [0.2, 0.25) is 0 Å². The van der Waals surface area contributed by atoms with Crippen LogP contribution in [-0.2, 0) is 6.54 Å². The van der Waals surface area contributed by atoms with E-state index >= 15 is 0 Å². The second kappa shape index (κ2) is 6.48. The largest absolute Gasteiger partial charge is 0.329 e. The number of aryl methyl sites for hydroxylation is 1. The zero-order valence-corrected chi connectivity index (χ0v) is 12.2. The fourth-order valence-electron chi connectivity index (χ4n) is 2.08. The first-order valence-corrected chi connectivity index (χ1v) is 6.77. The minimum Gasteiger partial charge on any atom is -0.329 e. The molecule has 1 aromatic carbocycles. The first-order valence-electron chi connectivity index (χ1n) is 6.77. The number of pyridine rings is 1. The van der Waals surface area contributed by atoms with Crippen LogP contribution in [0, 0.1) is 12.7 Å². The smallest absolute Gasteiger partial charge is 0.133 e. The third kappa shape index (κ3) is 3.54. The van der Waals surface area contributed by atoms with Crippen LogP contribution in [0.15, 0.2) is 36.4 Å². The summed E-state index contributed by atoms with van der Waals surface area (Å²) in [6.45, 7) is 5.78. The predicted molar refractivity (Wildman–Crippen MR) is 80.8 cm³/mol. The molecule has 1 N–H and O–H groups in total. The quantitative estimate of drug-likeness (QED) is 0.905. The molecular weight excluding hydrogens is 253 g/mol. The summed E-state index contributed by atoms with van der Waals surface area (Å²) >= 11 is 0. The minimum absolute atomic E-state index is 0.241. The van der Waals surface area contributed by atoms with E-state index in [4.69, 9.17) is 0 Å². The fourth-order valence-corrected chi connectivity index (χ4v) is 2.08. The van der Waals surface area contributed by atoms with Crippen molar-refractivity contribution in [3.63, 3.8) is 0 Å². The van der Waals surface area contributed by atoms with Crippen LogP contribution in [0.25, 0.3) is 0 Å². The van der Waals surface area contributed by atoms with Gasteiger partial charge in [-0.05, 0) is 49.4 Å². The normalized spacial score (nSPS) is 10.6. The van der Waals surface area contributed by atoms with Gasteiger partial charge in [-0.15, -0.1) is 0 Å². The Morgan fingerprint density at radius 1 is 1.25 bits per heavy atom. The molecule has 20 heavy (non-hydrogen) atoms. The Morgan fingerprint density at radius 3 is 2.75 bits per heavy atom. The van der Waals surface area contributed by atoms with Gasteiger partial charge < -0.3 is 10.2 Å². The number of halogens is 1. The number of anilines is 2. The number of benzene rings is 1. The van der Waals surface area contributed by atoms with Crippen LogP contribution in [0.4, 0.5) is 15.9 Å². The Morgan fingerprint density at radius 2 is 2.05 bits per heavy atom. The Bertz CT molecular complexity index is 584. The molecule has 2 aromatic rings. The summed E-state index contributed by atoms with van der Waals surface area (Å²) in [6, 6.07) is 10.6. The highest BCUT2D eigenvalue weighted by atomic mass is 19.1. The summed E-state index contributed by atoms with van der Waals surface area (Å²) in [4.78, 5) is 6.42. The Labute approximate surface area is 119 Å². The standard InChI is InChI=1S/C16H20FN3/c1-4-18-11-13-8-12(2)19-16(9-13)20(3)15-7-5-6-14(17)10-15/h5-10,18H,4,11H2,1-3H3. The third-order valence-electron chi connectivity index (χ3n) is 3.12. The van der Waals surface area contributed by atoms with Crippen molar-refractivity contribution in [3.05, 3.63) is 53.5 Å². The molecule has 0 aliphatic heterocycles. The van der Waals surface area contributed by atoms with Gasteiger partial charge in [0.2, 0.25) is 0 Å². The van der Waals surface area contributed by atoms with Crippen LogP contribution < -0.4 is 10.2 Å². The fraction of sp³-hybridized carbons (Fsp3) is 0.312. The van der Waals surface area contributed by atoms with Crippen LogP contribution >= 0.6 is 0 Å². The van der Waals surface area contributed by atoms with Gasteiger partial charge in [0.15, 0.2) is 0 Å². The van der Waals surface area contributed by atoms with Crippen LogP contribution in [-0.4, -0.2) is 18.6 Å². The van der Waals surface area contributed by atoms with E-state index in [1.165, 1.54) is 17.7 Å². The van der Waals surface area contributed by atoms with E-state index in [1.807, 2.05) is 31.0 Å². The molecule has 2 rings (SSSR count). The van der Waals surface area contributed by atoms with E-state index in [9.17, 15) is 4.39 Å². The number of hydrogen-bond donors (Lipinski definition) is 1. The van der Waals surface area contributed by atoms with E-state index in [0.29, 0.717) is 0 Å². The molecule has 0 aliphatic rings. The minimum atomic E-state index is -0.241. The van der Waals surface area contributed by atoms with Gasteiger partial charge in [-0.1, -0.05) is 13.0 Å². The first-order chi connectivity index (χ1) is 9.60. The average Bonchev–Trinajstić information content (AvgIpc) is 2.43.